The standard InChI is InChI=1S/C11H15NO2S/c1-2-10(15-7-1)9-8-13-11(14-9)3-5-12-6-4-11/h1-2,7,9,12H,3-6,8H2. The molecular weight excluding hydrogens is 210 g/mol. The predicted octanol–water partition coefficient (Wildman–Crippen LogP) is 1.92. The summed E-state index contributed by atoms with van der Waals surface area (Å²) >= 11 is 1.75. The Morgan fingerprint density at radius 2 is 2.27 bits per heavy atom. The Labute approximate surface area is 93.4 Å². The van der Waals surface area contributed by atoms with Gasteiger partial charge >= 0.3 is 0 Å². The van der Waals surface area contributed by atoms with Crippen molar-refractivity contribution in [3.8, 4) is 0 Å². The van der Waals surface area contributed by atoms with Gasteiger partial charge in [0.05, 0.1) is 6.61 Å². The van der Waals surface area contributed by atoms with E-state index in [2.05, 4.69) is 22.8 Å². The lowest BCUT2D eigenvalue weighted by atomic mass is 10.1. The average Bonchev–Trinajstić information content (AvgIpc) is 2.88. The molecule has 2 aliphatic heterocycles. The molecule has 1 N–H and O–H groups in total. The molecule has 0 aromatic carbocycles. The molecule has 0 amide bonds. The summed E-state index contributed by atoms with van der Waals surface area (Å²) in [5.41, 5.74) is 0. The molecule has 1 aromatic heterocycles. The summed E-state index contributed by atoms with van der Waals surface area (Å²) in [7, 11) is 0. The molecule has 1 spiro atoms. The summed E-state index contributed by atoms with van der Waals surface area (Å²) in [5, 5.41) is 5.42. The smallest absolute Gasteiger partial charge is 0.171 e. The highest BCUT2D eigenvalue weighted by Gasteiger charge is 2.42. The molecule has 2 aliphatic rings. The van der Waals surface area contributed by atoms with Gasteiger partial charge in [0.25, 0.3) is 0 Å². The van der Waals surface area contributed by atoms with Gasteiger partial charge in [0.15, 0.2) is 5.79 Å². The molecule has 15 heavy (non-hydrogen) atoms. The Bertz CT molecular complexity index is 319. The fraction of sp³-hybridized carbons (Fsp3) is 0.636. The maximum atomic E-state index is 6.08. The van der Waals surface area contributed by atoms with Crippen molar-refractivity contribution in [1.29, 1.82) is 0 Å². The van der Waals surface area contributed by atoms with Gasteiger partial charge in [0.1, 0.15) is 6.10 Å². The first-order chi connectivity index (χ1) is 7.38. The zero-order chi connectivity index (χ0) is 10.1. The Morgan fingerprint density at radius 3 is 3.00 bits per heavy atom. The third kappa shape index (κ3) is 1.83. The molecule has 0 aliphatic carbocycles. The number of hydrogen-bond donors (Lipinski definition) is 1. The van der Waals surface area contributed by atoms with Crippen LogP contribution in [-0.2, 0) is 9.47 Å². The van der Waals surface area contributed by atoms with Gasteiger partial charge in [-0.25, -0.2) is 0 Å². The molecule has 0 saturated carbocycles. The molecule has 2 saturated heterocycles. The first-order valence-corrected chi connectivity index (χ1v) is 6.32. The van der Waals surface area contributed by atoms with E-state index in [4.69, 9.17) is 9.47 Å². The lowest BCUT2D eigenvalue weighted by molar-refractivity contribution is -0.183. The summed E-state index contributed by atoms with van der Waals surface area (Å²) < 4.78 is 11.9. The highest BCUT2D eigenvalue weighted by Crippen LogP contribution is 2.39. The van der Waals surface area contributed by atoms with E-state index in [-0.39, 0.29) is 11.9 Å². The minimum Gasteiger partial charge on any atom is -0.347 e. The number of rotatable bonds is 1. The minimum atomic E-state index is -0.292. The van der Waals surface area contributed by atoms with Crippen molar-refractivity contribution < 1.29 is 9.47 Å². The van der Waals surface area contributed by atoms with Gasteiger partial charge in [0, 0.05) is 30.8 Å². The van der Waals surface area contributed by atoms with Crippen LogP contribution in [0.2, 0.25) is 0 Å². The predicted molar refractivity (Wildman–Crippen MR) is 58.9 cm³/mol. The molecule has 82 valence electrons. The van der Waals surface area contributed by atoms with Crippen LogP contribution in [0.5, 0.6) is 0 Å². The van der Waals surface area contributed by atoms with Crippen molar-refractivity contribution in [1.82, 2.24) is 5.32 Å². The summed E-state index contributed by atoms with van der Waals surface area (Å²) in [6, 6.07) is 4.19. The Morgan fingerprint density at radius 1 is 1.40 bits per heavy atom. The third-order valence-electron chi connectivity index (χ3n) is 3.08. The second-order valence-corrected chi connectivity index (χ2v) is 5.07. The average molecular weight is 225 g/mol. The lowest BCUT2D eigenvalue weighted by Crippen LogP contribution is -2.42. The number of thiophene rings is 1. The van der Waals surface area contributed by atoms with E-state index >= 15 is 0 Å². The van der Waals surface area contributed by atoms with Crippen LogP contribution in [0.4, 0.5) is 0 Å². The Balaban J connectivity index is 1.72. The van der Waals surface area contributed by atoms with Crippen molar-refractivity contribution in [2.24, 2.45) is 0 Å². The van der Waals surface area contributed by atoms with Crippen LogP contribution >= 0.6 is 11.3 Å². The summed E-state index contributed by atoms with van der Waals surface area (Å²) in [5.74, 6) is -0.292. The van der Waals surface area contributed by atoms with E-state index in [0.29, 0.717) is 6.61 Å². The number of nitrogens with one attached hydrogen (secondary N) is 1. The largest absolute Gasteiger partial charge is 0.347 e. The second kappa shape index (κ2) is 3.87. The fourth-order valence-corrected chi connectivity index (χ4v) is 2.98. The van der Waals surface area contributed by atoms with Crippen LogP contribution in [0.1, 0.15) is 23.8 Å². The molecule has 3 rings (SSSR count). The van der Waals surface area contributed by atoms with Gasteiger partial charge in [-0.05, 0) is 11.4 Å². The highest BCUT2D eigenvalue weighted by atomic mass is 32.1. The number of piperidine rings is 1. The van der Waals surface area contributed by atoms with Gasteiger partial charge in [-0.2, -0.15) is 0 Å². The van der Waals surface area contributed by atoms with E-state index in [1.54, 1.807) is 11.3 Å². The van der Waals surface area contributed by atoms with E-state index in [1.165, 1.54) is 4.88 Å². The van der Waals surface area contributed by atoms with Crippen LogP contribution in [-0.4, -0.2) is 25.5 Å². The molecule has 3 nitrogen and oxygen atoms in total. The maximum Gasteiger partial charge on any atom is 0.171 e. The van der Waals surface area contributed by atoms with Crippen molar-refractivity contribution in [2.45, 2.75) is 24.7 Å². The van der Waals surface area contributed by atoms with E-state index < -0.39 is 0 Å². The quantitative estimate of drug-likeness (QED) is 0.792. The molecule has 1 unspecified atom stereocenters. The van der Waals surface area contributed by atoms with Crippen molar-refractivity contribution >= 4 is 11.3 Å². The number of hydrogen-bond acceptors (Lipinski definition) is 4. The van der Waals surface area contributed by atoms with Crippen LogP contribution in [0.15, 0.2) is 17.5 Å². The minimum absolute atomic E-state index is 0.156. The zero-order valence-electron chi connectivity index (χ0n) is 8.57. The fourth-order valence-electron chi connectivity index (χ4n) is 2.24. The van der Waals surface area contributed by atoms with E-state index in [1.807, 2.05) is 0 Å². The molecule has 1 aromatic rings. The topological polar surface area (TPSA) is 30.5 Å². The molecule has 1 atom stereocenters. The number of ether oxygens (including phenoxy) is 2. The van der Waals surface area contributed by atoms with Crippen molar-refractivity contribution in [2.75, 3.05) is 19.7 Å². The second-order valence-electron chi connectivity index (χ2n) is 4.09. The van der Waals surface area contributed by atoms with Crippen molar-refractivity contribution in [3.05, 3.63) is 22.4 Å². The van der Waals surface area contributed by atoms with Gasteiger partial charge in [0.2, 0.25) is 0 Å². The molecule has 3 heterocycles. The van der Waals surface area contributed by atoms with Gasteiger partial charge in [-0.3, -0.25) is 0 Å². The summed E-state index contributed by atoms with van der Waals surface area (Å²) in [6.45, 7) is 2.70. The Kier molecular flexibility index (Phi) is 2.52. The summed E-state index contributed by atoms with van der Waals surface area (Å²) in [6.07, 6.45) is 2.09. The summed E-state index contributed by atoms with van der Waals surface area (Å²) in [4.78, 5) is 1.28. The van der Waals surface area contributed by atoms with Crippen LogP contribution in [0, 0.1) is 0 Å². The normalized spacial score (nSPS) is 29.7. The van der Waals surface area contributed by atoms with Crippen LogP contribution in [0.25, 0.3) is 0 Å². The molecular formula is C11H15NO2S. The molecule has 0 radical (unpaired) electrons. The molecule has 4 heteroatoms. The SMILES string of the molecule is c1csc(C2COC3(CCNCC3)O2)c1. The highest BCUT2D eigenvalue weighted by molar-refractivity contribution is 7.10. The zero-order valence-corrected chi connectivity index (χ0v) is 9.39. The Hall–Kier alpha value is -0.420. The first-order valence-electron chi connectivity index (χ1n) is 5.44. The molecule has 2 fully saturated rings. The monoisotopic (exact) mass is 225 g/mol. The van der Waals surface area contributed by atoms with Gasteiger partial charge in [-0.15, -0.1) is 11.3 Å². The van der Waals surface area contributed by atoms with E-state index in [0.717, 1.165) is 25.9 Å². The van der Waals surface area contributed by atoms with E-state index in [9.17, 15) is 0 Å². The maximum absolute atomic E-state index is 6.08. The molecule has 0 bridgehead atoms. The first kappa shape index (κ1) is 9.78. The third-order valence-corrected chi connectivity index (χ3v) is 4.05. The van der Waals surface area contributed by atoms with Crippen molar-refractivity contribution in [3.63, 3.8) is 0 Å². The van der Waals surface area contributed by atoms with Gasteiger partial charge < -0.3 is 14.8 Å². The van der Waals surface area contributed by atoms with Gasteiger partial charge in [-0.1, -0.05) is 6.07 Å². The van der Waals surface area contributed by atoms with Crippen LogP contribution < -0.4 is 5.32 Å². The lowest BCUT2D eigenvalue weighted by Gasteiger charge is -2.32. The van der Waals surface area contributed by atoms with Crippen LogP contribution in [0.3, 0.4) is 0 Å².